The molecule has 0 aliphatic rings. The minimum atomic E-state index is 0.733. The monoisotopic (exact) mass is 262 g/mol. The van der Waals surface area contributed by atoms with Crippen molar-refractivity contribution in [3.63, 3.8) is 0 Å². The first-order valence-electron chi connectivity index (χ1n) is 6.54. The van der Waals surface area contributed by atoms with Crippen LogP contribution in [0.5, 0.6) is 0 Å². The number of allylic oxidation sites excluding steroid dienone is 1. The van der Waals surface area contributed by atoms with E-state index in [0.717, 1.165) is 25.3 Å². The van der Waals surface area contributed by atoms with Crippen LogP contribution in [-0.2, 0) is 11.3 Å². The average molecular weight is 262 g/mol. The molecule has 0 bridgehead atoms. The Morgan fingerprint density at radius 2 is 2.06 bits per heavy atom. The molecule has 0 unspecified atom stereocenters. The third kappa shape index (κ3) is 2.56. The summed E-state index contributed by atoms with van der Waals surface area (Å²) in [7, 11) is 0. The number of nitrogens with zero attached hydrogens (tertiary/aromatic N) is 1. The van der Waals surface area contributed by atoms with Crippen LogP contribution in [0.1, 0.15) is 32.2 Å². The molecule has 0 fully saturated rings. The maximum Gasteiger partial charge on any atom is 0.266 e. The molecule has 1 aromatic carbocycles. The van der Waals surface area contributed by atoms with Gasteiger partial charge in [-0.05, 0) is 19.9 Å². The van der Waals surface area contributed by atoms with E-state index >= 15 is 0 Å². The van der Waals surface area contributed by atoms with Gasteiger partial charge in [0.1, 0.15) is 17.0 Å². The number of aromatic nitrogens is 1. The summed E-state index contributed by atoms with van der Waals surface area (Å²) in [6, 6.07) is 8.54. The van der Waals surface area contributed by atoms with Crippen molar-refractivity contribution in [1.29, 1.82) is 0 Å². The molecular weight excluding hydrogens is 242 g/mol. The first kappa shape index (κ1) is 13.1. The third-order valence-electron chi connectivity index (χ3n) is 2.92. The molecule has 18 heavy (non-hydrogen) atoms. The van der Waals surface area contributed by atoms with E-state index in [1.807, 2.05) is 18.3 Å². The summed E-state index contributed by atoms with van der Waals surface area (Å²) in [6.07, 6.45) is 3.11. The molecule has 0 spiro atoms. The van der Waals surface area contributed by atoms with Gasteiger partial charge in [-0.1, -0.05) is 30.4 Å². The van der Waals surface area contributed by atoms with Crippen LogP contribution in [0.2, 0.25) is 0 Å². The van der Waals surface area contributed by atoms with Crippen LogP contribution in [-0.4, -0.2) is 6.61 Å². The van der Waals surface area contributed by atoms with Gasteiger partial charge in [-0.15, -0.1) is 0 Å². The van der Waals surface area contributed by atoms with Crippen LogP contribution >= 0.6 is 11.3 Å². The molecular formula is C15H20NOS+. The van der Waals surface area contributed by atoms with Gasteiger partial charge in [-0.2, -0.15) is 4.57 Å². The molecule has 1 aromatic heterocycles. The maximum atomic E-state index is 5.65. The zero-order valence-electron chi connectivity index (χ0n) is 11.3. The highest BCUT2D eigenvalue weighted by molar-refractivity contribution is 7.18. The first-order valence-corrected chi connectivity index (χ1v) is 7.36. The lowest BCUT2D eigenvalue weighted by Crippen LogP contribution is -2.33. The minimum absolute atomic E-state index is 0.733. The molecule has 0 atom stereocenters. The fraction of sp³-hybridized carbons (Fsp3) is 0.400. The van der Waals surface area contributed by atoms with E-state index < -0.39 is 0 Å². The average Bonchev–Trinajstić information content (AvgIpc) is 2.75. The highest BCUT2D eigenvalue weighted by Gasteiger charge is 2.17. The first-order chi connectivity index (χ1) is 8.80. The topological polar surface area (TPSA) is 13.1 Å². The second kappa shape index (κ2) is 6.01. The Labute approximate surface area is 113 Å². The fourth-order valence-corrected chi connectivity index (χ4v) is 3.24. The molecule has 0 aliphatic carbocycles. The standard InChI is InChI=1S/C15H20NOS/c1-4-12(17-6-3)11-15-16(5-2)13-9-7-8-10-14(13)18-15/h7-11H,4-6H2,1-3H3/q+1/b12-11+. The summed E-state index contributed by atoms with van der Waals surface area (Å²) in [4.78, 5) is 0. The number of hydrogen-bond acceptors (Lipinski definition) is 2. The summed E-state index contributed by atoms with van der Waals surface area (Å²) >= 11 is 1.82. The number of fused-ring (bicyclic) bond motifs is 1. The van der Waals surface area contributed by atoms with Gasteiger partial charge in [0.05, 0.1) is 12.7 Å². The minimum Gasteiger partial charge on any atom is -0.498 e. The van der Waals surface area contributed by atoms with Crippen molar-refractivity contribution >= 4 is 27.6 Å². The van der Waals surface area contributed by atoms with Crippen LogP contribution in [0, 0.1) is 0 Å². The fourth-order valence-electron chi connectivity index (χ4n) is 2.06. The van der Waals surface area contributed by atoms with E-state index in [9.17, 15) is 0 Å². The van der Waals surface area contributed by atoms with Crippen molar-refractivity contribution in [2.24, 2.45) is 0 Å². The zero-order valence-corrected chi connectivity index (χ0v) is 12.1. The number of rotatable bonds is 5. The predicted octanol–water partition coefficient (Wildman–Crippen LogP) is 4.00. The highest BCUT2D eigenvalue weighted by Crippen LogP contribution is 2.22. The number of para-hydroxylation sites is 1. The predicted molar refractivity (Wildman–Crippen MR) is 77.6 cm³/mol. The normalized spacial score (nSPS) is 12.1. The van der Waals surface area contributed by atoms with E-state index in [1.54, 1.807) is 0 Å². The van der Waals surface area contributed by atoms with Crippen molar-refractivity contribution in [1.82, 2.24) is 0 Å². The Balaban J connectivity index is 2.49. The Kier molecular flexibility index (Phi) is 4.37. The van der Waals surface area contributed by atoms with E-state index in [4.69, 9.17) is 4.74 Å². The largest absolute Gasteiger partial charge is 0.498 e. The summed E-state index contributed by atoms with van der Waals surface area (Å²) in [5.41, 5.74) is 1.31. The molecule has 2 nitrogen and oxygen atoms in total. The number of benzene rings is 1. The molecule has 0 radical (unpaired) electrons. The van der Waals surface area contributed by atoms with Crippen molar-refractivity contribution in [3.8, 4) is 0 Å². The Morgan fingerprint density at radius 3 is 2.72 bits per heavy atom. The molecule has 0 N–H and O–H groups in total. The van der Waals surface area contributed by atoms with Crippen molar-refractivity contribution in [3.05, 3.63) is 35.0 Å². The Hall–Kier alpha value is -1.35. The van der Waals surface area contributed by atoms with Gasteiger partial charge in [0.15, 0.2) is 0 Å². The smallest absolute Gasteiger partial charge is 0.266 e. The van der Waals surface area contributed by atoms with Gasteiger partial charge in [-0.3, -0.25) is 0 Å². The second-order valence-electron chi connectivity index (χ2n) is 4.05. The molecule has 0 aliphatic heterocycles. The van der Waals surface area contributed by atoms with Gasteiger partial charge < -0.3 is 4.74 Å². The van der Waals surface area contributed by atoms with Crippen LogP contribution in [0.3, 0.4) is 0 Å². The van der Waals surface area contributed by atoms with Crippen LogP contribution in [0.4, 0.5) is 0 Å². The van der Waals surface area contributed by atoms with E-state index in [0.29, 0.717) is 0 Å². The van der Waals surface area contributed by atoms with E-state index in [-0.39, 0.29) is 0 Å². The van der Waals surface area contributed by atoms with Crippen molar-refractivity contribution in [2.45, 2.75) is 33.7 Å². The maximum absolute atomic E-state index is 5.65. The Morgan fingerprint density at radius 1 is 1.28 bits per heavy atom. The zero-order chi connectivity index (χ0) is 13.0. The highest BCUT2D eigenvalue weighted by atomic mass is 32.1. The molecule has 2 rings (SSSR count). The van der Waals surface area contributed by atoms with Crippen LogP contribution < -0.4 is 4.57 Å². The molecule has 0 saturated heterocycles. The summed E-state index contributed by atoms with van der Waals surface area (Å²) in [6.45, 7) is 8.06. The molecule has 96 valence electrons. The van der Waals surface area contributed by atoms with Crippen LogP contribution in [0.15, 0.2) is 30.0 Å². The number of ether oxygens (including phenoxy) is 1. The van der Waals surface area contributed by atoms with E-state index in [2.05, 4.69) is 48.8 Å². The number of thiazole rings is 1. The molecule has 1 heterocycles. The van der Waals surface area contributed by atoms with Gasteiger partial charge in [-0.25, -0.2) is 0 Å². The van der Waals surface area contributed by atoms with Gasteiger partial charge >= 0.3 is 0 Å². The second-order valence-corrected chi connectivity index (χ2v) is 5.11. The van der Waals surface area contributed by atoms with Crippen LogP contribution in [0.25, 0.3) is 16.3 Å². The quantitative estimate of drug-likeness (QED) is 0.586. The lowest BCUT2D eigenvalue weighted by Gasteiger charge is -2.03. The van der Waals surface area contributed by atoms with Gasteiger partial charge in [0, 0.05) is 12.5 Å². The molecule has 0 amide bonds. The Bertz CT molecular complexity index is 557. The number of hydrogen-bond donors (Lipinski definition) is 0. The molecule has 3 heteroatoms. The lowest BCUT2D eigenvalue weighted by atomic mass is 10.3. The van der Waals surface area contributed by atoms with Gasteiger partial charge in [0.2, 0.25) is 5.52 Å². The van der Waals surface area contributed by atoms with Crippen molar-refractivity contribution in [2.75, 3.05) is 6.61 Å². The molecule has 0 saturated carbocycles. The summed E-state index contributed by atoms with van der Waals surface area (Å²) in [5.74, 6) is 1.06. The number of aryl methyl sites for hydroxylation is 1. The third-order valence-corrected chi connectivity index (χ3v) is 4.03. The van der Waals surface area contributed by atoms with Gasteiger partial charge in [0.25, 0.3) is 5.01 Å². The lowest BCUT2D eigenvalue weighted by molar-refractivity contribution is -0.665. The molecule has 2 aromatic rings. The summed E-state index contributed by atoms with van der Waals surface area (Å²) in [5, 5.41) is 1.27. The summed E-state index contributed by atoms with van der Waals surface area (Å²) < 4.78 is 9.32. The van der Waals surface area contributed by atoms with Crippen molar-refractivity contribution < 1.29 is 9.30 Å². The SMILES string of the molecule is CCO/C(=C/c1sc2ccccc2[n+]1CC)CC. The van der Waals surface area contributed by atoms with E-state index in [1.165, 1.54) is 15.2 Å².